The molecule has 1 aromatic rings. The van der Waals surface area contributed by atoms with Gasteiger partial charge in [-0.15, -0.1) is 0 Å². The molecule has 1 rings (SSSR count). The van der Waals surface area contributed by atoms with Crippen molar-refractivity contribution in [2.24, 2.45) is 0 Å². The molecule has 118 valence electrons. The zero-order valence-corrected chi connectivity index (χ0v) is 12.9. The number of hydrogen-bond donors (Lipinski definition) is 2. The van der Waals surface area contributed by atoms with E-state index in [4.69, 9.17) is 9.15 Å². The fraction of sp³-hybridized carbons (Fsp3) is 0.600. The average molecular weight is 297 g/mol. The van der Waals surface area contributed by atoms with E-state index in [1.165, 1.54) is 6.26 Å². The van der Waals surface area contributed by atoms with Gasteiger partial charge in [-0.1, -0.05) is 0 Å². The standard InChI is InChI=1S/C15H23NO5/c1-14(2,3)21-13(18)8-7-12(17)16-10-15(4,19)11-6-5-9-20-11/h5-6,9,19H,7-8,10H2,1-4H3,(H,16,17)/t15-/m0/s1. The van der Waals surface area contributed by atoms with Crippen molar-refractivity contribution in [1.82, 2.24) is 5.32 Å². The maximum Gasteiger partial charge on any atom is 0.306 e. The highest BCUT2D eigenvalue weighted by molar-refractivity contribution is 5.81. The Hall–Kier alpha value is -1.82. The molecule has 0 unspecified atom stereocenters. The van der Waals surface area contributed by atoms with Gasteiger partial charge in [0.15, 0.2) is 0 Å². The Balaban J connectivity index is 2.33. The molecule has 6 heteroatoms. The van der Waals surface area contributed by atoms with Crippen LogP contribution >= 0.6 is 0 Å². The third-order valence-electron chi connectivity index (χ3n) is 2.66. The van der Waals surface area contributed by atoms with Crippen molar-refractivity contribution in [3.05, 3.63) is 24.2 Å². The predicted molar refractivity (Wildman–Crippen MR) is 76.4 cm³/mol. The molecule has 1 aromatic heterocycles. The first-order valence-corrected chi connectivity index (χ1v) is 6.85. The normalized spacial score (nSPS) is 14.3. The van der Waals surface area contributed by atoms with E-state index in [1.54, 1.807) is 39.8 Å². The molecule has 0 fully saturated rings. The lowest BCUT2D eigenvalue weighted by Gasteiger charge is -2.21. The van der Waals surface area contributed by atoms with Crippen LogP contribution in [0.5, 0.6) is 0 Å². The summed E-state index contributed by atoms with van der Waals surface area (Å²) in [5.74, 6) is -0.377. The van der Waals surface area contributed by atoms with E-state index in [1.807, 2.05) is 0 Å². The zero-order chi connectivity index (χ0) is 16.1. The number of carbonyl (C=O) groups excluding carboxylic acids is 2. The van der Waals surface area contributed by atoms with Crippen LogP contribution in [0.4, 0.5) is 0 Å². The number of hydrogen-bond acceptors (Lipinski definition) is 5. The fourth-order valence-electron chi connectivity index (χ4n) is 1.64. The van der Waals surface area contributed by atoms with Crippen molar-refractivity contribution >= 4 is 11.9 Å². The van der Waals surface area contributed by atoms with Gasteiger partial charge in [-0.3, -0.25) is 9.59 Å². The SMILES string of the molecule is CC(C)(C)OC(=O)CCC(=O)NC[C@](C)(O)c1ccco1. The lowest BCUT2D eigenvalue weighted by molar-refractivity contribution is -0.155. The van der Waals surface area contributed by atoms with Crippen LogP contribution in [0.1, 0.15) is 46.3 Å². The average Bonchev–Trinajstić information content (AvgIpc) is 2.86. The van der Waals surface area contributed by atoms with E-state index in [9.17, 15) is 14.7 Å². The Morgan fingerprint density at radius 2 is 1.95 bits per heavy atom. The maximum absolute atomic E-state index is 11.7. The Bertz CT molecular complexity index is 471. The van der Waals surface area contributed by atoms with Crippen LogP contribution in [-0.2, 0) is 19.9 Å². The predicted octanol–water partition coefficient (Wildman–Crippen LogP) is 1.73. The van der Waals surface area contributed by atoms with Crippen molar-refractivity contribution in [3.8, 4) is 0 Å². The molecule has 0 aliphatic heterocycles. The highest BCUT2D eigenvalue weighted by Gasteiger charge is 2.27. The van der Waals surface area contributed by atoms with Gasteiger partial charge in [0.25, 0.3) is 0 Å². The van der Waals surface area contributed by atoms with Crippen LogP contribution in [0.3, 0.4) is 0 Å². The van der Waals surface area contributed by atoms with E-state index in [0.29, 0.717) is 5.76 Å². The lowest BCUT2D eigenvalue weighted by atomic mass is 10.0. The molecule has 0 bridgehead atoms. The summed E-state index contributed by atoms with van der Waals surface area (Å²) >= 11 is 0. The Labute approximate surface area is 124 Å². The van der Waals surface area contributed by atoms with Crippen LogP contribution < -0.4 is 5.32 Å². The van der Waals surface area contributed by atoms with Crippen molar-refractivity contribution in [2.75, 3.05) is 6.54 Å². The summed E-state index contributed by atoms with van der Waals surface area (Å²) in [6.07, 6.45) is 1.48. The van der Waals surface area contributed by atoms with E-state index < -0.39 is 17.2 Å². The smallest absolute Gasteiger partial charge is 0.306 e. The van der Waals surface area contributed by atoms with Crippen molar-refractivity contribution in [3.63, 3.8) is 0 Å². The van der Waals surface area contributed by atoms with Crippen molar-refractivity contribution < 1.29 is 23.8 Å². The summed E-state index contributed by atoms with van der Waals surface area (Å²) in [5, 5.41) is 12.7. The monoisotopic (exact) mass is 297 g/mol. The molecule has 0 aliphatic carbocycles. The van der Waals surface area contributed by atoms with Crippen LogP contribution in [0, 0.1) is 0 Å². The molecule has 1 atom stereocenters. The molecule has 0 spiro atoms. The van der Waals surface area contributed by atoms with Gasteiger partial charge >= 0.3 is 5.97 Å². The van der Waals surface area contributed by atoms with Crippen LogP contribution in [0.25, 0.3) is 0 Å². The minimum Gasteiger partial charge on any atom is -0.466 e. The van der Waals surface area contributed by atoms with Gasteiger partial charge in [0.05, 0.1) is 19.2 Å². The molecule has 1 heterocycles. The van der Waals surface area contributed by atoms with E-state index in [2.05, 4.69) is 5.32 Å². The van der Waals surface area contributed by atoms with E-state index in [0.717, 1.165) is 0 Å². The quantitative estimate of drug-likeness (QED) is 0.781. The third kappa shape index (κ3) is 6.44. The number of nitrogens with one attached hydrogen (secondary N) is 1. The number of rotatable bonds is 6. The number of aliphatic hydroxyl groups is 1. The largest absolute Gasteiger partial charge is 0.466 e. The summed E-state index contributed by atoms with van der Waals surface area (Å²) in [4.78, 5) is 23.2. The highest BCUT2D eigenvalue weighted by Crippen LogP contribution is 2.19. The van der Waals surface area contributed by atoms with Crippen molar-refractivity contribution in [2.45, 2.75) is 51.7 Å². The van der Waals surface area contributed by atoms with Gasteiger partial charge < -0.3 is 19.6 Å². The Kier molecular flexibility index (Phi) is 5.54. The summed E-state index contributed by atoms with van der Waals surface area (Å²) < 4.78 is 10.2. The van der Waals surface area contributed by atoms with Gasteiger partial charge in [-0.2, -0.15) is 0 Å². The summed E-state index contributed by atoms with van der Waals surface area (Å²) in [5.41, 5.74) is -1.85. The first-order chi connectivity index (χ1) is 9.60. The van der Waals surface area contributed by atoms with Gasteiger partial charge in [-0.05, 0) is 39.8 Å². The first-order valence-electron chi connectivity index (χ1n) is 6.85. The van der Waals surface area contributed by atoms with Crippen LogP contribution in [0.2, 0.25) is 0 Å². The van der Waals surface area contributed by atoms with E-state index in [-0.39, 0.29) is 25.3 Å². The van der Waals surface area contributed by atoms with Crippen LogP contribution in [-0.4, -0.2) is 29.1 Å². The van der Waals surface area contributed by atoms with Gasteiger partial charge in [0, 0.05) is 6.42 Å². The van der Waals surface area contributed by atoms with Crippen molar-refractivity contribution in [1.29, 1.82) is 0 Å². The lowest BCUT2D eigenvalue weighted by Crippen LogP contribution is -2.38. The second-order valence-corrected chi connectivity index (χ2v) is 6.11. The first kappa shape index (κ1) is 17.2. The second-order valence-electron chi connectivity index (χ2n) is 6.11. The Morgan fingerprint density at radius 3 is 2.48 bits per heavy atom. The molecular formula is C15H23NO5. The third-order valence-corrected chi connectivity index (χ3v) is 2.66. The molecule has 21 heavy (non-hydrogen) atoms. The molecule has 0 saturated carbocycles. The minimum atomic E-state index is -1.29. The molecular weight excluding hydrogens is 274 g/mol. The number of esters is 1. The molecule has 0 aromatic carbocycles. The summed E-state index contributed by atoms with van der Waals surface area (Å²) in [6, 6.07) is 3.29. The van der Waals surface area contributed by atoms with Gasteiger partial charge in [0.1, 0.15) is 17.0 Å². The maximum atomic E-state index is 11.7. The molecule has 1 amide bonds. The molecule has 0 saturated heterocycles. The van der Waals surface area contributed by atoms with Crippen LogP contribution in [0.15, 0.2) is 22.8 Å². The number of furan rings is 1. The van der Waals surface area contributed by atoms with Gasteiger partial charge in [-0.25, -0.2) is 0 Å². The second kappa shape index (κ2) is 6.76. The molecule has 0 radical (unpaired) electrons. The minimum absolute atomic E-state index is 0.00595. The summed E-state index contributed by atoms with van der Waals surface area (Å²) in [6.45, 7) is 6.86. The van der Waals surface area contributed by atoms with E-state index >= 15 is 0 Å². The topological polar surface area (TPSA) is 88.8 Å². The Morgan fingerprint density at radius 1 is 1.29 bits per heavy atom. The number of ether oxygens (including phenoxy) is 1. The summed E-state index contributed by atoms with van der Waals surface area (Å²) in [7, 11) is 0. The highest BCUT2D eigenvalue weighted by atomic mass is 16.6. The number of amides is 1. The number of carbonyl (C=O) groups is 2. The zero-order valence-electron chi connectivity index (χ0n) is 12.9. The molecule has 2 N–H and O–H groups in total. The molecule has 0 aliphatic rings. The van der Waals surface area contributed by atoms with Gasteiger partial charge in [0.2, 0.25) is 5.91 Å². The molecule has 6 nitrogen and oxygen atoms in total. The fourth-order valence-corrected chi connectivity index (χ4v) is 1.64.